The van der Waals surface area contributed by atoms with E-state index in [4.69, 9.17) is 5.10 Å². The number of aliphatic hydroxyl groups excluding tert-OH is 1. The molecule has 1 spiro atoms. The fourth-order valence-electron chi connectivity index (χ4n) is 4.21. The van der Waals surface area contributed by atoms with E-state index in [1.807, 2.05) is 16.6 Å². The van der Waals surface area contributed by atoms with Crippen LogP contribution in [0.25, 0.3) is 0 Å². The van der Waals surface area contributed by atoms with Gasteiger partial charge in [-0.2, -0.15) is 5.10 Å². The molecule has 3 heterocycles. The van der Waals surface area contributed by atoms with E-state index in [0.717, 1.165) is 49.3 Å². The van der Waals surface area contributed by atoms with Crippen LogP contribution in [0.15, 0.2) is 0 Å². The molecule has 0 aromatic carbocycles. The van der Waals surface area contributed by atoms with Crippen molar-refractivity contribution in [3.05, 3.63) is 17.0 Å². The standard InChI is InChI=1S/C15H22N4O2/c1-9-3-12-11(6-16-9)13-14(21)18(2)7-15(4-10(20)5-15)8-19(13)17-12/h9-10,16,20H,3-8H2,1-2H3/t9-,10?,15?/m1/s1. The van der Waals surface area contributed by atoms with Crippen LogP contribution in [0.5, 0.6) is 0 Å². The smallest absolute Gasteiger partial charge is 0.272 e. The summed E-state index contributed by atoms with van der Waals surface area (Å²) in [5, 5.41) is 17.9. The minimum atomic E-state index is -0.220. The van der Waals surface area contributed by atoms with Crippen LogP contribution in [0, 0.1) is 5.41 Å². The van der Waals surface area contributed by atoms with Crippen LogP contribution in [0.4, 0.5) is 0 Å². The second kappa shape index (κ2) is 4.30. The van der Waals surface area contributed by atoms with Crippen LogP contribution in [0.3, 0.4) is 0 Å². The Morgan fingerprint density at radius 2 is 2.14 bits per heavy atom. The molecule has 0 unspecified atom stereocenters. The second-order valence-electron chi connectivity index (χ2n) is 7.14. The summed E-state index contributed by atoms with van der Waals surface area (Å²) < 4.78 is 1.92. The Hall–Kier alpha value is -1.40. The maximum absolute atomic E-state index is 12.7. The normalized spacial score (nSPS) is 35.2. The predicted molar refractivity (Wildman–Crippen MR) is 76.9 cm³/mol. The molecule has 21 heavy (non-hydrogen) atoms. The summed E-state index contributed by atoms with van der Waals surface area (Å²) in [6, 6.07) is 0.406. The van der Waals surface area contributed by atoms with Gasteiger partial charge in [-0.05, 0) is 19.8 Å². The second-order valence-corrected chi connectivity index (χ2v) is 7.14. The Bertz CT molecular complexity index is 603. The number of aromatic nitrogens is 2. The van der Waals surface area contributed by atoms with Gasteiger partial charge in [0.25, 0.3) is 5.91 Å². The van der Waals surface area contributed by atoms with E-state index >= 15 is 0 Å². The number of nitrogens with one attached hydrogen (secondary N) is 1. The molecular formula is C15H22N4O2. The van der Waals surface area contributed by atoms with Crippen molar-refractivity contribution in [2.24, 2.45) is 5.41 Å². The minimum absolute atomic E-state index is 0.00271. The highest BCUT2D eigenvalue weighted by molar-refractivity contribution is 5.94. The summed E-state index contributed by atoms with van der Waals surface area (Å²) in [6.45, 7) is 4.33. The van der Waals surface area contributed by atoms with Crippen molar-refractivity contribution in [2.75, 3.05) is 13.6 Å². The molecule has 1 fully saturated rings. The third-order valence-electron chi connectivity index (χ3n) is 5.20. The summed E-state index contributed by atoms with van der Waals surface area (Å²) >= 11 is 0. The molecule has 114 valence electrons. The largest absolute Gasteiger partial charge is 0.393 e. The van der Waals surface area contributed by atoms with Crippen molar-refractivity contribution in [2.45, 2.75) is 51.4 Å². The van der Waals surface area contributed by atoms with Crippen molar-refractivity contribution >= 4 is 5.91 Å². The molecule has 1 saturated carbocycles. The summed E-state index contributed by atoms with van der Waals surface area (Å²) in [6.07, 6.45) is 2.19. The molecule has 6 nitrogen and oxygen atoms in total. The van der Waals surface area contributed by atoms with E-state index in [-0.39, 0.29) is 17.4 Å². The molecule has 4 rings (SSSR count). The van der Waals surface area contributed by atoms with Crippen LogP contribution in [0.1, 0.15) is 41.5 Å². The first kappa shape index (κ1) is 13.3. The van der Waals surface area contributed by atoms with Crippen molar-refractivity contribution in [3.8, 4) is 0 Å². The number of nitrogens with zero attached hydrogens (tertiary/aromatic N) is 3. The molecule has 1 amide bonds. The van der Waals surface area contributed by atoms with E-state index < -0.39 is 0 Å². The Balaban J connectivity index is 1.77. The maximum Gasteiger partial charge on any atom is 0.272 e. The Morgan fingerprint density at radius 1 is 1.38 bits per heavy atom. The van der Waals surface area contributed by atoms with Gasteiger partial charge in [-0.1, -0.05) is 0 Å². The van der Waals surface area contributed by atoms with Crippen LogP contribution in [0.2, 0.25) is 0 Å². The number of fused-ring (bicyclic) bond motifs is 3. The summed E-state index contributed by atoms with van der Waals surface area (Å²) in [7, 11) is 1.86. The molecule has 2 aliphatic heterocycles. The fourth-order valence-corrected chi connectivity index (χ4v) is 4.21. The molecule has 6 heteroatoms. The van der Waals surface area contributed by atoms with Gasteiger partial charge in [0, 0.05) is 50.1 Å². The number of rotatable bonds is 0. The van der Waals surface area contributed by atoms with Gasteiger partial charge >= 0.3 is 0 Å². The lowest BCUT2D eigenvalue weighted by Gasteiger charge is -2.45. The predicted octanol–water partition coefficient (Wildman–Crippen LogP) is 0.144. The molecule has 1 atom stereocenters. The molecule has 1 aromatic heterocycles. The third kappa shape index (κ3) is 1.92. The summed E-state index contributed by atoms with van der Waals surface area (Å²) in [4.78, 5) is 14.5. The highest BCUT2D eigenvalue weighted by Crippen LogP contribution is 2.45. The molecule has 1 aliphatic carbocycles. The average molecular weight is 290 g/mol. The zero-order valence-electron chi connectivity index (χ0n) is 12.6. The Labute approximate surface area is 124 Å². The van der Waals surface area contributed by atoms with Crippen molar-refractivity contribution in [3.63, 3.8) is 0 Å². The highest BCUT2D eigenvalue weighted by Gasteiger charge is 2.48. The number of carbonyl (C=O) groups excluding carboxylic acids is 1. The molecule has 0 saturated heterocycles. The van der Waals surface area contributed by atoms with Gasteiger partial charge in [-0.15, -0.1) is 0 Å². The number of amides is 1. The lowest BCUT2D eigenvalue weighted by Crippen LogP contribution is -2.49. The van der Waals surface area contributed by atoms with Crippen molar-refractivity contribution in [1.82, 2.24) is 20.0 Å². The number of hydrogen-bond acceptors (Lipinski definition) is 4. The number of carbonyl (C=O) groups is 1. The van der Waals surface area contributed by atoms with E-state index in [1.165, 1.54) is 0 Å². The number of hydrogen-bond donors (Lipinski definition) is 2. The van der Waals surface area contributed by atoms with Gasteiger partial charge in [-0.25, -0.2) is 0 Å². The van der Waals surface area contributed by atoms with Crippen LogP contribution < -0.4 is 5.32 Å². The van der Waals surface area contributed by atoms with Gasteiger partial charge in [0.05, 0.1) is 11.8 Å². The zero-order valence-corrected chi connectivity index (χ0v) is 12.6. The lowest BCUT2D eigenvalue weighted by atomic mass is 9.66. The van der Waals surface area contributed by atoms with E-state index in [9.17, 15) is 9.90 Å². The van der Waals surface area contributed by atoms with Crippen molar-refractivity contribution in [1.29, 1.82) is 0 Å². The Kier molecular flexibility index (Phi) is 2.72. The van der Waals surface area contributed by atoms with E-state index in [2.05, 4.69) is 12.2 Å². The van der Waals surface area contributed by atoms with Crippen LogP contribution in [-0.4, -0.2) is 51.4 Å². The van der Waals surface area contributed by atoms with Gasteiger partial charge in [0.15, 0.2) is 0 Å². The minimum Gasteiger partial charge on any atom is -0.393 e. The molecule has 1 aromatic rings. The number of aliphatic hydroxyl groups is 1. The van der Waals surface area contributed by atoms with Gasteiger partial charge < -0.3 is 15.3 Å². The monoisotopic (exact) mass is 290 g/mol. The van der Waals surface area contributed by atoms with E-state index in [0.29, 0.717) is 12.6 Å². The molecule has 3 aliphatic rings. The average Bonchev–Trinajstić information content (AvgIpc) is 2.67. The molecule has 2 N–H and O–H groups in total. The SMILES string of the molecule is C[C@@H]1Cc2nn3c(c2CN1)C(=O)N(C)CC1(CC(O)C1)C3. The van der Waals surface area contributed by atoms with Gasteiger partial charge in [0.2, 0.25) is 0 Å². The topological polar surface area (TPSA) is 70.4 Å². The molecule has 0 radical (unpaired) electrons. The highest BCUT2D eigenvalue weighted by atomic mass is 16.3. The first-order valence-corrected chi connectivity index (χ1v) is 7.73. The van der Waals surface area contributed by atoms with Gasteiger partial charge in [0.1, 0.15) is 5.69 Å². The molecule has 0 bridgehead atoms. The van der Waals surface area contributed by atoms with E-state index in [1.54, 1.807) is 0 Å². The van der Waals surface area contributed by atoms with Gasteiger partial charge in [-0.3, -0.25) is 9.48 Å². The summed E-state index contributed by atoms with van der Waals surface area (Å²) in [5.41, 5.74) is 2.89. The lowest BCUT2D eigenvalue weighted by molar-refractivity contribution is -0.0530. The fraction of sp³-hybridized carbons (Fsp3) is 0.733. The van der Waals surface area contributed by atoms with Crippen LogP contribution >= 0.6 is 0 Å². The maximum atomic E-state index is 12.7. The molecular weight excluding hydrogens is 268 g/mol. The zero-order chi connectivity index (χ0) is 14.8. The quantitative estimate of drug-likeness (QED) is 0.713. The van der Waals surface area contributed by atoms with Crippen LogP contribution in [-0.2, 0) is 19.5 Å². The third-order valence-corrected chi connectivity index (χ3v) is 5.20. The first-order chi connectivity index (χ1) is 9.97. The summed E-state index contributed by atoms with van der Waals surface area (Å²) in [5.74, 6) is 0.0679. The first-order valence-electron chi connectivity index (χ1n) is 7.73. The Morgan fingerprint density at radius 3 is 2.86 bits per heavy atom. The van der Waals surface area contributed by atoms with Crippen molar-refractivity contribution < 1.29 is 9.90 Å².